The number of para-hydroxylation sites is 2. The van der Waals surface area contributed by atoms with Crippen LogP contribution in [0.4, 0.5) is 5.82 Å². The van der Waals surface area contributed by atoms with Crippen LogP contribution in [-0.4, -0.2) is 33.8 Å². The highest BCUT2D eigenvalue weighted by atomic mass is 16.3. The molecule has 1 heterocycles. The van der Waals surface area contributed by atoms with E-state index < -0.39 is 6.10 Å². The van der Waals surface area contributed by atoms with E-state index in [0.29, 0.717) is 12.4 Å². The van der Waals surface area contributed by atoms with Gasteiger partial charge in [0.05, 0.1) is 22.8 Å². The second-order valence-electron chi connectivity index (χ2n) is 4.43. The molecule has 2 rings (SSSR count). The molecule has 5 heteroatoms. The van der Waals surface area contributed by atoms with Gasteiger partial charge in [0, 0.05) is 12.6 Å². The molecule has 0 saturated carbocycles. The van der Waals surface area contributed by atoms with E-state index in [1.54, 1.807) is 6.92 Å². The van der Waals surface area contributed by atoms with E-state index in [4.69, 9.17) is 5.73 Å². The third-order valence-corrected chi connectivity index (χ3v) is 2.87. The van der Waals surface area contributed by atoms with Gasteiger partial charge in [0.1, 0.15) is 5.82 Å². The Morgan fingerprint density at radius 1 is 1.28 bits per heavy atom. The van der Waals surface area contributed by atoms with Gasteiger partial charge in [-0.05, 0) is 26.0 Å². The molecule has 0 aliphatic carbocycles. The first-order valence-electron chi connectivity index (χ1n) is 5.99. The number of fused-ring (bicyclic) bond motifs is 1. The van der Waals surface area contributed by atoms with Gasteiger partial charge in [0.2, 0.25) is 0 Å². The maximum Gasteiger partial charge on any atom is 0.148 e. The van der Waals surface area contributed by atoms with Crippen LogP contribution in [0, 0.1) is 6.92 Å². The minimum Gasteiger partial charge on any atom is -0.392 e. The van der Waals surface area contributed by atoms with Crippen molar-refractivity contribution in [2.75, 3.05) is 11.9 Å². The number of aliphatic hydroxyl groups is 1. The zero-order valence-corrected chi connectivity index (χ0v) is 10.6. The van der Waals surface area contributed by atoms with Crippen LogP contribution in [0.2, 0.25) is 0 Å². The van der Waals surface area contributed by atoms with E-state index in [1.807, 2.05) is 31.2 Å². The molecule has 1 aromatic carbocycles. The van der Waals surface area contributed by atoms with Crippen molar-refractivity contribution in [3.63, 3.8) is 0 Å². The van der Waals surface area contributed by atoms with E-state index >= 15 is 0 Å². The van der Waals surface area contributed by atoms with Crippen LogP contribution in [0.5, 0.6) is 0 Å². The quantitative estimate of drug-likeness (QED) is 0.751. The number of nitrogens with two attached hydrogens (primary N) is 1. The molecule has 0 amide bonds. The molecule has 0 radical (unpaired) electrons. The minimum atomic E-state index is -0.550. The van der Waals surface area contributed by atoms with Gasteiger partial charge in [-0.15, -0.1) is 0 Å². The molecule has 18 heavy (non-hydrogen) atoms. The van der Waals surface area contributed by atoms with Gasteiger partial charge in [0.25, 0.3) is 0 Å². The first kappa shape index (κ1) is 12.7. The maximum absolute atomic E-state index is 9.34. The SMILES string of the molecule is Cc1nc2ccccc2nc1NCC(N)C(C)O. The zero-order valence-electron chi connectivity index (χ0n) is 10.6. The molecule has 2 unspecified atom stereocenters. The minimum absolute atomic E-state index is 0.322. The van der Waals surface area contributed by atoms with Gasteiger partial charge >= 0.3 is 0 Å². The number of nitrogens with zero attached hydrogens (tertiary/aromatic N) is 2. The molecular formula is C13H18N4O. The van der Waals surface area contributed by atoms with Gasteiger partial charge in [-0.2, -0.15) is 0 Å². The summed E-state index contributed by atoms with van der Waals surface area (Å²) in [4.78, 5) is 8.97. The summed E-state index contributed by atoms with van der Waals surface area (Å²) in [5.74, 6) is 0.713. The van der Waals surface area contributed by atoms with E-state index in [2.05, 4.69) is 15.3 Å². The van der Waals surface area contributed by atoms with Crippen LogP contribution in [0.3, 0.4) is 0 Å². The fourth-order valence-corrected chi connectivity index (χ4v) is 1.64. The first-order chi connectivity index (χ1) is 8.58. The van der Waals surface area contributed by atoms with Gasteiger partial charge in [0.15, 0.2) is 0 Å². The Bertz CT molecular complexity index is 542. The number of rotatable bonds is 4. The number of aryl methyl sites for hydroxylation is 1. The highest BCUT2D eigenvalue weighted by Gasteiger charge is 2.10. The Kier molecular flexibility index (Phi) is 3.74. The van der Waals surface area contributed by atoms with E-state index in [9.17, 15) is 5.11 Å². The third-order valence-electron chi connectivity index (χ3n) is 2.87. The normalized spacial score (nSPS) is 14.4. The lowest BCUT2D eigenvalue weighted by molar-refractivity contribution is 0.168. The van der Waals surface area contributed by atoms with Crippen molar-refractivity contribution in [1.82, 2.24) is 9.97 Å². The Hall–Kier alpha value is -1.72. The van der Waals surface area contributed by atoms with Crippen LogP contribution < -0.4 is 11.1 Å². The average molecular weight is 246 g/mol. The molecule has 0 spiro atoms. The Morgan fingerprint density at radius 2 is 1.89 bits per heavy atom. The number of aromatic nitrogens is 2. The van der Waals surface area contributed by atoms with Crippen LogP contribution in [0.1, 0.15) is 12.6 Å². The van der Waals surface area contributed by atoms with Gasteiger partial charge < -0.3 is 16.2 Å². The summed E-state index contributed by atoms with van der Waals surface area (Å²) in [7, 11) is 0. The molecule has 0 aliphatic heterocycles. The summed E-state index contributed by atoms with van der Waals surface area (Å²) in [6.45, 7) is 4.03. The summed E-state index contributed by atoms with van der Waals surface area (Å²) in [5.41, 5.74) is 8.31. The van der Waals surface area contributed by atoms with Crippen molar-refractivity contribution in [3.05, 3.63) is 30.0 Å². The van der Waals surface area contributed by atoms with Crippen molar-refractivity contribution >= 4 is 16.9 Å². The second-order valence-corrected chi connectivity index (χ2v) is 4.43. The van der Waals surface area contributed by atoms with Gasteiger partial charge in [-0.1, -0.05) is 12.1 Å². The Morgan fingerprint density at radius 3 is 2.50 bits per heavy atom. The van der Waals surface area contributed by atoms with Crippen LogP contribution >= 0.6 is 0 Å². The van der Waals surface area contributed by atoms with Crippen molar-refractivity contribution in [1.29, 1.82) is 0 Å². The standard InChI is InChI=1S/C13H18N4O/c1-8-13(15-7-10(14)9(2)18)17-12-6-4-3-5-11(12)16-8/h3-6,9-10,18H,7,14H2,1-2H3,(H,15,17). The number of hydrogen-bond acceptors (Lipinski definition) is 5. The molecule has 2 aromatic rings. The first-order valence-corrected chi connectivity index (χ1v) is 5.99. The van der Waals surface area contributed by atoms with Gasteiger partial charge in [-0.3, -0.25) is 0 Å². The molecule has 96 valence electrons. The molecule has 2 atom stereocenters. The van der Waals surface area contributed by atoms with E-state index in [0.717, 1.165) is 16.7 Å². The van der Waals surface area contributed by atoms with Crippen molar-refractivity contribution in [2.45, 2.75) is 26.0 Å². The smallest absolute Gasteiger partial charge is 0.148 e. The average Bonchev–Trinajstić information content (AvgIpc) is 2.35. The predicted octanol–water partition coefficient (Wildman–Crippen LogP) is 1.06. The number of aliphatic hydroxyl groups excluding tert-OH is 1. The third kappa shape index (κ3) is 2.75. The number of nitrogens with one attached hydrogen (secondary N) is 1. The topological polar surface area (TPSA) is 84.1 Å². The van der Waals surface area contributed by atoms with Crippen LogP contribution in [-0.2, 0) is 0 Å². The van der Waals surface area contributed by atoms with E-state index in [1.165, 1.54) is 0 Å². The predicted molar refractivity (Wildman–Crippen MR) is 72.4 cm³/mol. The molecular weight excluding hydrogens is 228 g/mol. The summed E-state index contributed by atoms with van der Waals surface area (Å²) < 4.78 is 0. The highest BCUT2D eigenvalue weighted by Crippen LogP contribution is 2.15. The van der Waals surface area contributed by atoms with Crippen LogP contribution in [0.15, 0.2) is 24.3 Å². The molecule has 0 saturated heterocycles. The molecule has 0 aliphatic rings. The molecule has 5 nitrogen and oxygen atoms in total. The molecule has 0 bridgehead atoms. The van der Waals surface area contributed by atoms with Gasteiger partial charge in [-0.25, -0.2) is 9.97 Å². The van der Waals surface area contributed by atoms with Crippen molar-refractivity contribution in [2.24, 2.45) is 5.73 Å². The molecule has 1 aromatic heterocycles. The highest BCUT2D eigenvalue weighted by molar-refractivity contribution is 5.76. The lowest BCUT2D eigenvalue weighted by Gasteiger charge is -2.16. The lowest BCUT2D eigenvalue weighted by atomic mass is 10.2. The number of hydrogen-bond donors (Lipinski definition) is 3. The largest absolute Gasteiger partial charge is 0.392 e. The summed E-state index contributed by atoms with van der Waals surface area (Å²) in [6.07, 6.45) is -0.550. The summed E-state index contributed by atoms with van der Waals surface area (Å²) >= 11 is 0. The summed E-state index contributed by atoms with van der Waals surface area (Å²) in [6, 6.07) is 7.39. The molecule has 0 fully saturated rings. The van der Waals surface area contributed by atoms with Crippen molar-refractivity contribution in [3.8, 4) is 0 Å². The maximum atomic E-state index is 9.34. The number of benzene rings is 1. The fourth-order valence-electron chi connectivity index (χ4n) is 1.64. The Labute approximate surface area is 106 Å². The Balaban J connectivity index is 2.20. The van der Waals surface area contributed by atoms with Crippen molar-refractivity contribution < 1.29 is 5.11 Å². The van der Waals surface area contributed by atoms with Crippen LogP contribution in [0.25, 0.3) is 11.0 Å². The second kappa shape index (κ2) is 5.29. The number of anilines is 1. The lowest BCUT2D eigenvalue weighted by Crippen LogP contribution is -2.39. The van der Waals surface area contributed by atoms with E-state index in [-0.39, 0.29) is 6.04 Å². The summed E-state index contributed by atoms with van der Waals surface area (Å²) in [5, 5.41) is 12.5. The molecule has 4 N–H and O–H groups in total. The fraction of sp³-hybridized carbons (Fsp3) is 0.385. The zero-order chi connectivity index (χ0) is 13.1. The monoisotopic (exact) mass is 246 g/mol.